The number of aliphatic hydroxyl groups excluding tert-OH is 2. The molecule has 7 heterocycles. The van der Waals surface area contributed by atoms with Crippen molar-refractivity contribution in [1.29, 1.82) is 0 Å². The fourth-order valence-corrected chi connectivity index (χ4v) is 19.5. The first-order valence-electron chi connectivity index (χ1n) is 23.2. The molecule has 12 nitrogen and oxygen atoms in total. The molecule has 7 saturated carbocycles. The summed E-state index contributed by atoms with van der Waals surface area (Å²) in [5.41, 5.74) is -5.74. The number of fused-ring (bicyclic) bond motifs is 2. The Morgan fingerprint density at radius 3 is 1.87 bits per heavy atom. The number of ketones is 3. The van der Waals surface area contributed by atoms with Crippen molar-refractivity contribution in [2.24, 2.45) is 68.0 Å². The quantitative estimate of drug-likeness (QED) is 0.291. The van der Waals surface area contributed by atoms with E-state index in [0.717, 1.165) is 5.57 Å². The zero-order valence-corrected chi connectivity index (χ0v) is 37.1. The smallest absolute Gasteiger partial charge is 0.214 e. The second-order valence-corrected chi connectivity index (χ2v) is 24.4. The molecule has 2 N–H and O–H groups in total. The van der Waals surface area contributed by atoms with E-state index in [1.165, 1.54) is 0 Å². The Labute approximate surface area is 357 Å². The number of carbonyl (C=O) groups excluding carboxylic acids is 3. The Balaban J connectivity index is 1.01. The van der Waals surface area contributed by atoms with Crippen molar-refractivity contribution in [2.75, 3.05) is 6.61 Å². The molecule has 0 aromatic carbocycles. The van der Waals surface area contributed by atoms with Gasteiger partial charge in [0, 0.05) is 23.7 Å². The van der Waals surface area contributed by atoms with Gasteiger partial charge in [-0.2, -0.15) is 0 Å². The van der Waals surface area contributed by atoms with E-state index < -0.39 is 115 Å². The van der Waals surface area contributed by atoms with Gasteiger partial charge >= 0.3 is 0 Å². The lowest BCUT2D eigenvalue weighted by Gasteiger charge is -2.79. The summed E-state index contributed by atoms with van der Waals surface area (Å²) in [5, 5.41) is 26.3. The number of hydrogen-bond donors (Lipinski definition) is 2. The molecule has 61 heavy (non-hydrogen) atoms. The second-order valence-electron chi connectivity index (χ2n) is 24.4. The molecule has 0 radical (unpaired) electrons. The van der Waals surface area contributed by atoms with Gasteiger partial charge in [-0.1, -0.05) is 40.9 Å². The molecule has 8 bridgehead atoms. The molecule has 15 rings (SSSR count). The van der Waals surface area contributed by atoms with E-state index in [4.69, 9.17) is 33.2 Å². The molecule has 18 atom stereocenters. The molecule has 0 aromatic rings. The van der Waals surface area contributed by atoms with E-state index in [0.29, 0.717) is 68.3 Å². The van der Waals surface area contributed by atoms with Crippen LogP contribution in [0.5, 0.6) is 0 Å². The van der Waals surface area contributed by atoms with Crippen molar-refractivity contribution in [1.82, 2.24) is 0 Å². The average molecular weight is 843 g/mol. The van der Waals surface area contributed by atoms with Crippen LogP contribution in [0.15, 0.2) is 35.6 Å². The molecule has 8 aliphatic carbocycles. The first kappa shape index (κ1) is 39.1. The Kier molecular flexibility index (Phi) is 6.66. The number of allylic oxidation sites excluding steroid dienone is 1. The third-order valence-corrected chi connectivity index (χ3v) is 20.3. The molecule has 13 fully saturated rings. The van der Waals surface area contributed by atoms with Crippen LogP contribution < -0.4 is 0 Å². The first-order chi connectivity index (χ1) is 28.3. The minimum Gasteiger partial charge on any atom is -0.483 e. The summed E-state index contributed by atoms with van der Waals surface area (Å²) in [4.78, 5) is 47.0. The maximum absolute atomic E-state index is 16.7. The maximum Gasteiger partial charge on any atom is 0.214 e. The summed E-state index contributed by atoms with van der Waals surface area (Å²) in [6.07, 6.45) is -0.174. The van der Waals surface area contributed by atoms with Crippen molar-refractivity contribution in [3.63, 3.8) is 0 Å². The van der Waals surface area contributed by atoms with Gasteiger partial charge in [0.25, 0.3) is 0 Å². The molecule has 330 valence electrons. The van der Waals surface area contributed by atoms with Gasteiger partial charge in [0.15, 0.2) is 34.5 Å². The van der Waals surface area contributed by atoms with Crippen molar-refractivity contribution < 1.29 is 57.8 Å². The molecule has 12 heteroatoms. The number of hydrogen-bond acceptors (Lipinski definition) is 12. The van der Waals surface area contributed by atoms with Crippen LogP contribution in [0.3, 0.4) is 0 Å². The highest BCUT2D eigenvalue weighted by Gasteiger charge is 2.94. The van der Waals surface area contributed by atoms with Crippen LogP contribution in [0.1, 0.15) is 114 Å². The summed E-state index contributed by atoms with van der Waals surface area (Å²) in [7, 11) is 0. The van der Waals surface area contributed by atoms with E-state index in [9.17, 15) is 10.2 Å². The Bertz CT molecular complexity index is 2270. The summed E-state index contributed by atoms with van der Waals surface area (Å²) >= 11 is 0. The molecule has 7 spiro atoms. The molecule has 15 aliphatic rings. The number of rotatable bonds is 0. The largest absolute Gasteiger partial charge is 0.483 e. The number of Topliss-reactive ketones (excluding diaryl/α,β-unsaturated/α-hetero) is 3. The lowest BCUT2D eigenvalue weighted by Crippen LogP contribution is -2.91. The fourth-order valence-electron chi connectivity index (χ4n) is 19.5. The summed E-state index contributed by atoms with van der Waals surface area (Å²) in [5.74, 6) is -8.16. The minimum atomic E-state index is -1.74. The van der Waals surface area contributed by atoms with Crippen LogP contribution in [-0.2, 0) is 47.5 Å². The topological polar surface area (TPSA) is 156 Å². The molecule has 0 amide bonds. The van der Waals surface area contributed by atoms with E-state index in [-0.39, 0.29) is 35.8 Å². The normalized spacial score (nSPS) is 58.8. The van der Waals surface area contributed by atoms with Crippen LogP contribution in [-0.4, -0.2) is 93.4 Å². The van der Waals surface area contributed by atoms with Gasteiger partial charge in [0.05, 0.1) is 35.7 Å². The van der Waals surface area contributed by atoms with Crippen LogP contribution in [0.25, 0.3) is 0 Å². The van der Waals surface area contributed by atoms with Gasteiger partial charge in [-0.15, -0.1) is 0 Å². The molecular weight excluding hydrogens is 781 g/mol. The van der Waals surface area contributed by atoms with Crippen LogP contribution in [0, 0.1) is 68.0 Å². The highest BCUT2D eigenvalue weighted by atomic mass is 16.8. The second kappa shape index (κ2) is 10.4. The molecule has 0 unspecified atom stereocenters. The van der Waals surface area contributed by atoms with Gasteiger partial charge in [-0.3, -0.25) is 14.4 Å². The van der Waals surface area contributed by atoms with Crippen LogP contribution >= 0.6 is 0 Å². The highest BCUT2D eigenvalue weighted by molar-refractivity contribution is 6.07. The Hall–Kier alpha value is -2.29. The lowest BCUT2D eigenvalue weighted by molar-refractivity contribution is -0.536. The van der Waals surface area contributed by atoms with Gasteiger partial charge in [0.2, 0.25) is 11.6 Å². The summed E-state index contributed by atoms with van der Waals surface area (Å²) in [6.45, 7) is 26.7. The van der Waals surface area contributed by atoms with Gasteiger partial charge in [-0.25, -0.2) is 0 Å². The number of ether oxygens (including phenoxy) is 7. The lowest BCUT2D eigenvalue weighted by atomic mass is 9.32. The first-order valence-corrected chi connectivity index (χ1v) is 23.2. The van der Waals surface area contributed by atoms with Crippen molar-refractivity contribution in [3.8, 4) is 0 Å². The van der Waals surface area contributed by atoms with Gasteiger partial charge in [-0.05, 0) is 125 Å². The summed E-state index contributed by atoms with van der Waals surface area (Å²) < 4.78 is 49.2. The van der Waals surface area contributed by atoms with Gasteiger partial charge in [0.1, 0.15) is 28.8 Å². The molecule has 6 saturated heterocycles. The molecule has 7 aliphatic heterocycles. The predicted octanol–water partition coefficient (Wildman–Crippen LogP) is 5.62. The van der Waals surface area contributed by atoms with E-state index in [1.54, 1.807) is 0 Å². The van der Waals surface area contributed by atoms with E-state index in [2.05, 4.69) is 40.9 Å². The van der Waals surface area contributed by atoms with Crippen molar-refractivity contribution in [2.45, 2.75) is 173 Å². The number of carbonyl (C=O) groups is 3. The fraction of sp³-hybridized carbons (Fsp3) is 0.816. The van der Waals surface area contributed by atoms with Crippen molar-refractivity contribution in [3.05, 3.63) is 35.6 Å². The summed E-state index contributed by atoms with van der Waals surface area (Å²) in [6, 6.07) is 0. The maximum atomic E-state index is 16.7. The van der Waals surface area contributed by atoms with E-state index >= 15 is 14.4 Å². The minimum absolute atomic E-state index is 0.140. The average Bonchev–Trinajstić information content (AvgIpc) is 3.35. The predicted molar refractivity (Wildman–Crippen MR) is 213 cm³/mol. The Morgan fingerprint density at radius 1 is 0.689 bits per heavy atom. The third kappa shape index (κ3) is 3.52. The molecular formula is C49H62O12. The SMILES string of the molecule is C=C1C(=O)[C@@]23[C@@H]4OC(C)(C)O[C@]25OC[C@]2(C6=C(CC[C@]7(CC(C)(C)[C@H]8[C@H](O)[C@@]9%10O[C@@H](C)[C@]8(C7=O)[C@@H]7CC[C@H]8C(=C)C(=O)[C@]79[C@@H]8OC(C)(C)O%10)O6)CC(C)(C)[C@H]2[C@@H]5O)[C@@H]3CC[C@@H]14. The Morgan fingerprint density at radius 2 is 1.25 bits per heavy atom. The monoisotopic (exact) mass is 842 g/mol. The standard InChI is InChI=1S/C49H62O12/c1-21-25-12-14-27-44-20-55-48(46(27,31(21)50)36(25)57-41(8,9)60-48)33(52)29(44)39(4,5)18-24-16-17-43(59-35(24)44)19-40(6,7)30-34(53)49-47-28(45(30,38(43)54)23(3)56-49)15-13-26(22(2)32(47)51)37(47)58-42(10,11)61-49/h23,25-30,33-34,36-37,52-53H,1-2,12-20H2,3-11H3/t23-,25-,26-,27-,28-,29+,30+,33-,34-,36+,37+,43+,44-,45-,46-,47-,48-,49-/m0/s1. The zero-order valence-electron chi connectivity index (χ0n) is 37.1. The zero-order chi connectivity index (χ0) is 43.2. The van der Waals surface area contributed by atoms with Gasteiger partial charge < -0.3 is 43.4 Å². The van der Waals surface area contributed by atoms with Crippen molar-refractivity contribution >= 4 is 17.3 Å². The van der Waals surface area contributed by atoms with Crippen LogP contribution in [0.2, 0.25) is 0 Å². The molecule has 0 aromatic heterocycles. The highest BCUT2D eigenvalue weighted by Crippen LogP contribution is 2.84. The van der Waals surface area contributed by atoms with Crippen LogP contribution in [0.4, 0.5) is 0 Å². The number of aliphatic hydroxyl groups is 2. The van der Waals surface area contributed by atoms with E-state index in [1.807, 2.05) is 34.6 Å². The third-order valence-electron chi connectivity index (χ3n) is 20.3.